The molecule has 0 saturated carbocycles. The average molecular weight is 365 g/mol. The summed E-state index contributed by atoms with van der Waals surface area (Å²) in [5, 5.41) is 7.22. The molecule has 138 valence electrons. The maximum absolute atomic E-state index is 4.62. The van der Waals surface area contributed by atoms with E-state index in [4.69, 9.17) is 0 Å². The van der Waals surface area contributed by atoms with E-state index < -0.39 is 0 Å². The quantitative estimate of drug-likeness (QED) is 0.387. The molecule has 5 rings (SSSR count). The van der Waals surface area contributed by atoms with Crippen LogP contribution in [0.2, 0.25) is 0 Å². The lowest BCUT2D eigenvalue weighted by Crippen LogP contribution is -2.03. The number of nitrogens with zero attached hydrogens (tertiary/aromatic N) is 3. The number of fused-ring (bicyclic) bond motifs is 3. The lowest BCUT2D eigenvalue weighted by molar-refractivity contribution is 0.786. The van der Waals surface area contributed by atoms with Crippen molar-refractivity contribution >= 4 is 21.8 Å². The molecule has 2 aromatic heterocycles. The highest BCUT2D eigenvalue weighted by atomic mass is 15.3. The van der Waals surface area contributed by atoms with Crippen molar-refractivity contribution < 1.29 is 0 Å². The molecule has 0 spiro atoms. The number of hydrogen-bond donors (Lipinski definition) is 0. The topological polar surface area (TPSA) is 22.8 Å². The molecule has 0 radical (unpaired) electrons. The Hall–Kier alpha value is -3.33. The molecular weight excluding hydrogens is 342 g/mol. The van der Waals surface area contributed by atoms with E-state index in [0.717, 1.165) is 25.1 Å². The third-order valence-corrected chi connectivity index (χ3v) is 5.55. The third-order valence-electron chi connectivity index (χ3n) is 5.55. The van der Waals surface area contributed by atoms with E-state index in [2.05, 4.69) is 100 Å². The van der Waals surface area contributed by atoms with Gasteiger partial charge in [0.05, 0.1) is 5.69 Å². The third kappa shape index (κ3) is 2.80. The van der Waals surface area contributed by atoms with Crippen LogP contribution in [-0.2, 0) is 19.4 Å². The van der Waals surface area contributed by atoms with Gasteiger partial charge in [-0.05, 0) is 55.7 Å². The van der Waals surface area contributed by atoms with E-state index in [9.17, 15) is 0 Å². The molecule has 0 amide bonds. The van der Waals surface area contributed by atoms with Crippen LogP contribution in [0.5, 0.6) is 0 Å². The van der Waals surface area contributed by atoms with Crippen LogP contribution in [0.3, 0.4) is 0 Å². The summed E-state index contributed by atoms with van der Waals surface area (Å²) in [6.45, 7) is 3.17. The molecule has 0 fully saturated rings. The molecule has 3 heteroatoms. The number of rotatable bonds is 5. The normalized spacial score (nSPS) is 11.5. The number of aromatic nitrogens is 3. The van der Waals surface area contributed by atoms with Crippen molar-refractivity contribution in [1.29, 1.82) is 0 Å². The number of benzene rings is 3. The summed E-state index contributed by atoms with van der Waals surface area (Å²) in [4.78, 5) is 0. The fraction of sp³-hybridized carbons (Fsp3) is 0.160. The van der Waals surface area contributed by atoms with Crippen molar-refractivity contribution in [3.8, 4) is 5.69 Å². The molecule has 0 aliphatic heterocycles. The summed E-state index contributed by atoms with van der Waals surface area (Å²) in [5.41, 5.74) is 6.30. The Morgan fingerprint density at radius 3 is 2.39 bits per heavy atom. The Kier molecular flexibility index (Phi) is 4.21. The first-order chi connectivity index (χ1) is 13.8. The first-order valence-corrected chi connectivity index (χ1v) is 9.93. The van der Waals surface area contributed by atoms with Gasteiger partial charge in [-0.1, -0.05) is 48.5 Å². The SMILES string of the molecule is CCn1c2ccccc2c2cc(-n3nccc3CCc3ccccc3)ccc21. The highest BCUT2D eigenvalue weighted by Gasteiger charge is 2.12. The second-order valence-electron chi connectivity index (χ2n) is 7.18. The summed E-state index contributed by atoms with van der Waals surface area (Å²) in [6, 6.07) is 28.1. The number of para-hydroxylation sites is 1. The predicted octanol–water partition coefficient (Wildman–Crippen LogP) is 5.79. The molecule has 0 saturated heterocycles. The summed E-state index contributed by atoms with van der Waals surface area (Å²) in [5.74, 6) is 0. The first-order valence-electron chi connectivity index (χ1n) is 9.93. The van der Waals surface area contributed by atoms with Crippen LogP contribution in [0.25, 0.3) is 27.5 Å². The van der Waals surface area contributed by atoms with Crippen molar-refractivity contribution in [1.82, 2.24) is 14.3 Å². The van der Waals surface area contributed by atoms with Crippen LogP contribution >= 0.6 is 0 Å². The van der Waals surface area contributed by atoms with Crippen LogP contribution in [0.4, 0.5) is 0 Å². The molecule has 5 aromatic rings. The molecule has 0 aliphatic rings. The maximum atomic E-state index is 4.62. The Bertz CT molecular complexity index is 1250. The minimum atomic E-state index is 0.966. The van der Waals surface area contributed by atoms with Crippen LogP contribution in [-0.4, -0.2) is 14.3 Å². The molecule has 0 atom stereocenters. The molecular formula is C25H23N3. The summed E-state index contributed by atoms with van der Waals surface area (Å²) in [7, 11) is 0. The molecule has 28 heavy (non-hydrogen) atoms. The molecule has 2 heterocycles. The second kappa shape index (κ2) is 7.01. The number of aryl methyl sites for hydroxylation is 3. The van der Waals surface area contributed by atoms with Gasteiger partial charge in [-0.25, -0.2) is 4.68 Å². The van der Waals surface area contributed by atoms with E-state index in [1.807, 2.05) is 6.20 Å². The zero-order valence-corrected chi connectivity index (χ0v) is 16.0. The van der Waals surface area contributed by atoms with Crippen molar-refractivity contribution in [2.24, 2.45) is 0 Å². The van der Waals surface area contributed by atoms with Gasteiger partial charge in [0, 0.05) is 40.2 Å². The Labute approximate surface area is 164 Å². The average Bonchev–Trinajstić information content (AvgIpc) is 3.35. The van der Waals surface area contributed by atoms with Gasteiger partial charge >= 0.3 is 0 Å². The summed E-state index contributed by atoms with van der Waals surface area (Å²) in [6.07, 6.45) is 3.89. The largest absolute Gasteiger partial charge is 0.341 e. The zero-order chi connectivity index (χ0) is 18.9. The van der Waals surface area contributed by atoms with Crippen molar-refractivity contribution in [3.63, 3.8) is 0 Å². The van der Waals surface area contributed by atoms with E-state index in [1.165, 1.54) is 33.1 Å². The summed E-state index contributed by atoms with van der Waals surface area (Å²) < 4.78 is 4.47. The molecule has 0 aliphatic carbocycles. The summed E-state index contributed by atoms with van der Waals surface area (Å²) >= 11 is 0. The lowest BCUT2D eigenvalue weighted by Gasteiger charge is -2.09. The Balaban J connectivity index is 1.55. The minimum Gasteiger partial charge on any atom is -0.341 e. The van der Waals surface area contributed by atoms with E-state index in [0.29, 0.717) is 0 Å². The van der Waals surface area contributed by atoms with Gasteiger partial charge in [-0.3, -0.25) is 0 Å². The van der Waals surface area contributed by atoms with Gasteiger partial charge in [0.2, 0.25) is 0 Å². The smallest absolute Gasteiger partial charge is 0.0656 e. The second-order valence-corrected chi connectivity index (χ2v) is 7.18. The highest BCUT2D eigenvalue weighted by Crippen LogP contribution is 2.30. The maximum Gasteiger partial charge on any atom is 0.0656 e. The van der Waals surface area contributed by atoms with Gasteiger partial charge < -0.3 is 4.57 Å². The highest BCUT2D eigenvalue weighted by molar-refractivity contribution is 6.08. The van der Waals surface area contributed by atoms with Gasteiger partial charge in [0.25, 0.3) is 0 Å². The van der Waals surface area contributed by atoms with E-state index >= 15 is 0 Å². The molecule has 3 aromatic carbocycles. The van der Waals surface area contributed by atoms with Crippen LogP contribution in [0.15, 0.2) is 85.1 Å². The molecule has 0 bridgehead atoms. The van der Waals surface area contributed by atoms with Gasteiger partial charge in [-0.15, -0.1) is 0 Å². The van der Waals surface area contributed by atoms with Gasteiger partial charge in [0.15, 0.2) is 0 Å². The molecule has 0 unspecified atom stereocenters. The predicted molar refractivity (Wildman–Crippen MR) is 116 cm³/mol. The van der Waals surface area contributed by atoms with Gasteiger partial charge in [-0.2, -0.15) is 5.10 Å². The van der Waals surface area contributed by atoms with Crippen molar-refractivity contribution in [2.45, 2.75) is 26.3 Å². The van der Waals surface area contributed by atoms with E-state index in [1.54, 1.807) is 0 Å². The van der Waals surface area contributed by atoms with Crippen molar-refractivity contribution in [2.75, 3.05) is 0 Å². The monoisotopic (exact) mass is 365 g/mol. The fourth-order valence-corrected chi connectivity index (χ4v) is 4.18. The standard InChI is InChI=1S/C25H23N3/c1-2-27-24-11-7-6-10-22(24)23-18-21(14-15-25(23)27)28-20(16-17-26-28)13-12-19-8-4-3-5-9-19/h3-11,14-18H,2,12-13H2,1H3. The lowest BCUT2D eigenvalue weighted by atomic mass is 10.1. The van der Waals surface area contributed by atoms with Crippen LogP contribution < -0.4 is 0 Å². The van der Waals surface area contributed by atoms with Crippen molar-refractivity contribution in [3.05, 3.63) is 96.3 Å². The molecule has 3 nitrogen and oxygen atoms in total. The number of hydrogen-bond acceptors (Lipinski definition) is 1. The van der Waals surface area contributed by atoms with Gasteiger partial charge in [0.1, 0.15) is 0 Å². The van der Waals surface area contributed by atoms with Crippen LogP contribution in [0, 0.1) is 0 Å². The first kappa shape index (κ1) is 16.8. The minimum absolute atomic E-state index is 0.966. The fourth-order valence-electron chi connectivity index (χ4n) is 4.18. The Morgan fingerprint density at radius 1 is 0.750 bits per heavy atom. The van der Waals surface area contributed by atoms with E-state index in [-0.39, 0.29) is 0 Å². The van der Waals surface area contributed by atoms with Crippen LogP contribution in [0.1, 0.15) is 18.2 Å². The Morgan fingerprint density at radius 2 is 1.54 bits per heavy atom. The molecule has 0 N–H and O–H groups in total. The zero-order valence-electron chi connectivity index (χ0n) is 16.0.